The molecule has 0 aromatic heterocycles. The number of allylic oxidation sites excluding steroid dienone is 1. The zero-order chi connectivity index (χ0) is 17.1. The Morgan fingerprint density at radius 3 is 2.52 bits per heavy atom. The first-order valence-electron chi connectivity index (χ1n) is 7.50. The molecule has 1 aromatic rings. The molecule has 0 aliphatic carbocycles. The maximum atomic E-state index is 12.2. The van der Waals surface area contributed by atoms with Gasteiger partial charge >= 0.3 is 0 Å². The molecule has 0 bridgehead atoms. The largest absolute Gasteiger partial charge is 0.347 e. The van der Waals surface area contributed by atoms with Gasteiger partial charge in [-0.15, -0.1) is 0 Å². The van der Waals surface area contributed by atoms with Gasteiger partial charge in [0.15, 0.2) is 21.4 Å². The van der Waals surface area contributed by atoms with Gasteiger partial charge in [0.05, 0.1) is 17.3 Å². The number of hydrogen-bond donors (Lipinski definition) is 0. The third-order valence-electron chi connectivity index (χ3n) is 3.52. The predicted molar refractivity (Wildman–Crippen MR) is 86.9 cm³/mol. The Bertz CT molecular complexity index is 686. The fraction of sp³-hybridized carbons (Fsp3) is 0.471. The lowest BCUT2D eigenvalue weighted by Gasteiger charge is -2.15. The fourth-order valence-electron chi connectivity index (χ4n) is 2.21. The summed E-state index contributed by atoms with van der Waals surface area (Å²) in [5, 5.41) is 0. The van der Waals surface area contributed by atoms with E-state index < -0.39 is 15.6 Å². The van der Waals surface area contributed by atoms with Crippen molar-refractivity contribution in [1.29, 1.82) is 0 Å². The van der Waals surface area contributed by atoms with Crippen LogP contribution in [0.4, 0.5) is 0 Å². The molecule has 2 rings (SSSR count). The van der Waals surface area contributed by atoms with E-state index in [9.17, 15) is 13.2 Å². The minimum absolute atomic E-state index is 0.0519. The SMILES string of the molecule is Cc1ccc(S(=O)(=O)CCC(=O)/C=C/[C@H]2COC(C)(C)O2)cc1. The van der Waals surface area contributed by atoms with Crippen molar-refractivity contribution in [2.75, 3.05) is 12.4 Å². The van der Waals surface area contributed by atoms with Crippen LogP contribution in [0.3, 0.4) is 0 Å². The molecule has 0 radical (unpaired) electrons. The third kappa shape index (κ3) is 5.27. The van der Waals surface area contributed by atoms with Gasteiger partial charge in [0.25, 0.3) is 0 Å². The van der Waals surface area contributed by atoms with Gasteiger partial charge in [0, 0.05) is 6.42 Å². The summed E-state index contributed by atoms with van der Waals surface area (Å²) in [4.78, 5) is 12.1. The molecular formula is C17H22O5S. The van der Waals surface area contributed by atoms with E-state index in [4.69, 9.17) is 9.47 Å². The van der Waals surface area contributed by atoms with Crippen molar-refractivity contribution < 1.29 is 22.7 Å². The number of ketones is 1. The molecule has 1 fully saturated rings. The smallest absolute Gasteiger partial charge is 0.178 e. The molecular weight excluding hydrogens is 316 g/mol. The number of benzene rings is 1. The fourth-order valence-corrected chi connectivity index (χ4v) is 3.46. The maximum Gasteiger partial charge on any atom is 0.178 e. The minimum Gasteiger partial charge on any atom is -0.347 e. The molecule has 0 unspecified atom stereocenters. The van der Waals surface area contributed by atoms with Gasteiger partial charge in [0.1, 0.15) is 6.10 Å². The second-order valence-corrected chi connectivity index (χ2v) is 8.18. The maximum absolute atomic E-state index is 12.2. The van der Waals surface area contributed by atoms with E-state index >= 15 is 0 Å². The summed E-state index contributed by atoms with van der Waals surface area (Å²) >= 11 is 0. The summed E-state index contributed by atoms with van der Waals surface area (Å²) in [5.74, 6) is -1.09. The van der Waals surface area contributed by atoms with Crippen LogP contribution in [0.5, 0.6) is 0 Å². The van der Waals surface area contributed by atoms with Crippen molar-refractivity contribution in [2.45, 2.75) is 44.0 Å². The van der Waals surface area contributed by atoms with Gasteiger partial charge in [-0.3, -0.25) is 4.79 Å². The number of ether oxygens (including phenoxy) is 2. The van der Waals surface area contributed by atoms with Crippen LogP contribution in [0.1, 0.15) is 25.8 Å². The van der Waals surface area contributed by atoms with E-state index in [0.717, 1.165) is 5.56 Å². The van der Waals surface area contributed by atoms with Gasteiger partial charge in [0.2, 0.25) is 0 Å². The number of carbonyl (C=O) groups excluding carboxylic acids is 1. The normalized spacial score (nSPS) is 20.9. The summed E-state index contributed by atoms with van der Waals surface area (Å²) in [7, 11) is -3.44. The molecule has 1 aromatic carbocycles. The number of aryl methyl sites for hydroxylation is 1. The molecule has 1 heterocycles. The van der Waals surface area contributed by atoms with Gasteiger partial charge in [-0.2, -0.15) is 0 Å². The highest BCUT2D eigenvalue weighted by Gasteiger charge is 2.31. The summed E-state index contributed by atoms with van der Waals surface area (Å²) in [6.07, 6.45) is 2.67. The second kappa shape index (κ2) is 6.95. The second-order valence-electron chi connectivity index (χ2n) is 6.07. The molecule has 6 heteroatoms. The summed E-state index contributed by atoms with van der Waals surface area (Å²) in [5.41, 5.74) is 0.990. The van der Waals surface area contributed by atoms with Gasteiger partial charge in [-0.1, -0.05) is 17.7 Å². The van der Waals surface area contributed by atoms with Crippen molar-refractivity contribution in [1.82, 2.24) is 0 Å². The zero-order valence-electron chi connectivity index (χ0n) is 13.6. The molecule has 1 aliphatic rings. The molecule has 1 saturated heterocycles. The number of carbonyl (C=O) groups is 1. The zero-order valence-corrected chi connectivity index (χ0v) is 14.4. The van der Waals surface area contributed by atoms with Gasteiger partial charge in [-0.25, -0.2) is 8.42 Å². The first-order chi connectivity index (χ1) is 10.7. The van der Waals surface area contributed by atoms with Crippen LogP contribution < -0.4 is 0 Å². The van der Waals surface area contributed by atoms with Crippen molar-refractivity contribution in [3.63, 3.8) is 0 Å². The van der Waals surface area contributed by atoms with Crippen LogP contribution in [-0.2, 0) is 24.1 Å². The highest BCUT2D eigenvalue weighted by Crippen LogP contribution is 2.22. The Balaban J connectivity index is 1.87. The molecule has 0 saturated carbocycles. The Morgan fingerprint density at radius 1 is 1.30 bits per heavy atom. The highest BCUT2D eigenvalue weighted by atomic mass is 32.2. The van der Waals surface area contributed by atoms with Crippen molar-refractivity contribution in [3.05, 3.63) is 42.0 Å². The predicted octanol–water partition coefficient (Wildman–Crippen LogP) is 2.44. The molecule has 1 aliphatic heterocycles. The molecule has 0 amide bonds. The van der Waals surface area contributed by atoms with Crippen LogP contribution in [-0.4, -0.2) is 38.5 Å². The number of rotatable bonds is 6. The van der Waals surface area contributed by atoms with Crippen LogP contribution in [0.2, 0.25) is 0 Å². The lowest BCUT2D eigenvalue weighted by Crippen LogP contribution is -2.20. The Hall–Kier alpha value is -1.50. The molecule has 5 nitrogen and oxygen atoms in total. The molecule has 126 valence electrons. The Kier molecular flexibility index (Phi) is 5.39. The first kappa shape index (κ1) is 17.8. The van der Waals surface area contributed by atoms with Crippen LogP contribution >= 0.6 is 0 Å². The van der Waals surface area contributed by atoms with E-state index in [2.05, 4.69) is 0 Å². The summed E-state index contributed by atoms with van der Waals surface area (Å²) in [6.45, 7) is 5.88. The van der Waals surface area contributed by atoms with E-state index in [1.165, 1.54) is 6.08 Å². The first-order valence-corrected chi connectivity index (χ1v) is 9.15. The van der Waals surface area contributed by atoms with Crippen molar-refractivity contribution in [2.24, 2.45) is 0 Å². The lowest BCUT2D eigenvalue weighted by molar-refractivity contribution is -0.133. The van der Waals surface area contributed by atoms with Crippen LogP contribution in [0.25, 0.3) is 0 Å². The topological polar surface area (TPSA) is 69.7 Å². The molecule has 23 heavy (non-hydrogen) atoms. The monoisotopic (exact) mass is 338 g/mol. The lowest BCUT2D eigenvalue weighted by atomic mass is 10.2. The van der Waals surface area contributed by atoms with Crippen LogP contribution in [0, 0.1) is 6.92 Å². The van der Waals surface area contributed by atoms with Crippen LogP contribution in [0.15, 0.2) is 41.3 Å². The van der Waals surface area contributed by atoms with Crippen molar-refractivity contribution >= 4 is 15.6 Å². The minimum atomic E-state index is -3.44. The van der Waals surface area contributed by atoms with E-state index in [-0.39, 0.29) is 29.0 Å². The summed E-state index contributed by atoms with van der Waals surface area (Å²) in [6, 6.07) is 6.62. The number of hydrogen-bond acceptors (Lipinski definition) is 5. The van der Waals surface area contributed by atoms with E-state index in [1.807, 2.05) is 6.92 Å². The quantitative estimate of drug-likeness (QED) is 0.745. The summed E-state index contributed by atoms with van der Waals surface area (Å²) < 4.78 is 35.3. The average molecular weight is 338 g/mol. The van der Waals surface area contributed by atoms with Gasteiger partial charge < -0.3 is 9.47 Å². The Morgan fingerprint density at radius 2 is 1.96 bits per heavy atom. The molecule has 1 atom stereocenters. The van der Waals surface area contributed by atoms with E-state index in [0.29, 0.717) is 6.61 Å². The third-order valence-corrected chi connectivity index (χ3v) is 5.26. The standard InChI is InChI=1S/C17H22O5S/c1-13-4-8-16(9-5-13)23(19,20)11-10-14(18)6-7-15-12-21-17(2,3)22-15/h4-9,15H,10-12H2,1-3H3/b7-6+/t15-/m0/s1. The number of sulfone groups is 1. The van der Waals surface area contributed by atoms with Gasteiger partial charge in [-0.05, 0) is 45.1 Å². The molecule has 0 spiro atoms. The highest BCUT2D eigenvalue weighted by molar-refractivity contribution is 7.91. The van der Waals surface area contributed by atoms with Crippen molar-refractivity contribution in [3.8, 4) is 0 Å². The Labute approximate surface area is 137 Å². The average Bonchev–Trinajstić information content (AvgIpc) is 2.83. The molecule has 0 N–H and O–H groups in total. The van der Waals surface area contributed by atoms with E-state index in [1.54, 1.807) is 44.2 Å².